The van der Waals surface area contributed by atoms with Gasteiger partial charge in [-0.25, -0.2) is 8.78 Å². The van der Waals surface area contributed by atoms with E-state index in [9.17, 15) is 13.6 Å². The lowest BCUT2D eigenvalue weighted by atomic mass is 10.1. The largest absolute Gasteiger partial charge is 0.487 e. The topological polar surface area (TPSA) is 52.3 Å². The van der Waals surface area contributed by atoms with Gasteiger partial charge in [-0.05, 0) is 6.07 Å². The average Bonchev–Trinajstić information content (AvgIpc) is 2.34. The second-order valence-corrected chi connectivity index (χ2v) is 3.51. The van der Waals surface area contributed by atoms with Gasteiger partial charge in [-0.3, -0.25) is 4.79 Å². The highest BCUT2D eigenvalue weighted by molar-refractivity contribution is 5.96. The van der Waals surface area contributed by atoms with Crippen LogP contribution in [0.1, 0.15) is 29.3 Å². The van der Waals surface area contributed by atoms with Crippen molar-refractivity contribution in [2.75, 3.05) is 6.61 Å². The summed E-state index contributed by atoms with van der Waals surface area (Å²) in [6.45, 7) is 1.22. The highest BCUT2D eigenvalue weighted by Crippen LogP contribution is 2.21. The van der Waals surface area contributed by atoms with Crippen molar-refractivity contribution in [3.05, 3.63) is 29.3 Å². The molecule has 0 saturated carbocycles. The van der Waals surface area contributed by atoms with Crippen molar-refractivity contribution in [1.29, 1.82) is 0 Å². The molecular weight excluding hydrogens is 228 g/mol. The highest BCUT2D eigenvalue weighted by atomic mass is 19.3. The van der Waals surface area contributed by atoms with Gasteiger partial charge in [0.25, 0.3) is 6.43 Å². The molecule has 0 spiro atoms. The standard InChI is InChI=1S/C12H15F2NO2/c1-2-10(16)8-3-4-9(6-15)11(5-8)17-7-12(13)14/h3-5,12H,2,6-7,15H2,1H3. The fourth-order valence-electron chi connectivity index (χ4n) is 1.39. The van der Waals surface area contributed by atoms with Gasteiger partial charge >= 0.3 is 0 Å². The second-order valence-electron chi connectivity index (χ2n) is 3.51. The van der Waals surface area contributed by atoms with Crippen LogP contribution in [0.2, 0.25) is 0 Å². The monoisotopic (exact) mass is 243 g/mol. The molecule has 0 heterocycles. The van der Waals surface area contributed by atoms with Gasteiger partial charge in [0.1, 0.15) is 12.4 Å². The number of carbonyl (C=O) groups excluding carboxylic acids is 1. The van der Waals surface area contributed by atoms with Crippen LogP contribution in [-0.4, -0.2) is 18.8 Å². The molecular formula is C12H15F2NO2. The fraction of sp³-hybridized carbons (Fsp3) is 0.417. The van der Waals surface area contributed by atoms with Gasteiger partial charge in [-0.2, -0.15) is 0 Å². The molecule has 1 aromatic rings. The smallest absolute Gasteiger partial charge is 0.272 e. The van der Waals surface area contributed by atoms with Gasteiger partial charge in [-0.1, -0.05) is 19.1 Å². The van der Waals surface area contributed by atoms with E-state index in [1.807, 2.05) is 0 Å². The predicted octanol–water partition coefficient (Wildman–Crippen LogP) is 2.38. The zero-order valence-corrected chi connectivity index (χ0v) is 9.58. The van der Waals surface area contributed by atoms with E-state index in [0.29, 0.717) is 17.5 Å². The maximum Gasteiger partial charge on any atom is 0.272 e. The van der Waals surface area contributed by atoms with E-state index in [1.54, 1.807) is 19.1 Å². The van der Waals surface area contributed by atoms with E-state index in [2.05, 4.69) is 0 Å². The summed E-state index contributed by atoms with van der Waals surface area (Å²) in [4.78, 5) is 11.5. The summed E-state index contributed by atoms with van der Waals surface area (Å²) in [5.41, 5.74) is 6.53. The minimum Gasteiger partial charge on any atom is -0.487 e. The van der Waals surface area contributed by atoms with Crippen LogP contribution in [-0.2, 0) is 6.54 Å². The summed E-state index contributed by atoms with van der Waals surface area (Å²) in [6.07, 6.45) is -2.19. The van der Waals surface area contributed by atoms with Crippen molar-refractivity contribution in [1.82, 2.24) is 0 Å². The molecule has 1 rings (SSSR count). The third-order valence-electron chi connectivity index (χ3n) is 2.29. The summed E-state index contributed by atoms with van der Waals surface area (Å²) in [7, 11) is 0. The van der Waals surface area contributed by atoms with Crippen molar-refractivity contribution in [3.63, 3.8) is 0 Å². The van der Waals surface area contributed by atoms with Crippen molar-refractivity contribution >= 4 is 5.78 Å². The molecule has 5 heteroatoms. The number of benzene rings is 1. The number of halogens is 2. The summed E-state index contributed by atoms with van der Waals surface area (Å²) in [5.74, 6) is 0.197. The summed E-state index contributed by atoms with van der Waals surface area (Å²) < 4.78 is 29.1. The molecule has 3 nitrogen and oxygen atoms in total. The Morgan fingerprint density at radius 3 is 2.71 bits per heavy atom. The molecule has 0 saturated heterocycles. The molecule has 0 aliphatic carbocycles. The molecule has 0 aromatic heterocycles. The first-order chi connectivity index (χ1) is 8.08. The molecule has 1 aromatic carbocycles. The SMILES string of the molecule is CCC(=O)c1ccc(CN)c(OCC(F)F)c1. The van der Waals surface area contributed by atoms with Gasteiger partial charge in [0.05, 0.1) is 0 Å². The number of ketones is 1. The van der Waals surface area contributed by atoms with E-state index in [4.69, 9.17) is 10.5 Å². The van der Waals surface area contributed by atoms with Crippen LogP contribution in [0.5, 0.6) is 5.75 Å². The number of rotatable bonds is 6. The Morgan fingerprint density at radius 1 is 1.47 bits per heavy atom. The van der Waals surface area contributed by atoms with Gasteiger partial charge in [0, 0.05) is 24.1 Å². The van der Waals surface area contributed by atoms with Crippen LogP contribution < -0.4 is 10.5 Å². The zero-order chi connectivity index (χ0) is 12.8. The number of hydrogen-bond donors (Lipinski definition) is 1. The minimum atomic E-state index is -2.55. The van der Waals surface area contributed by atoms with Gasteiger partial charge in [0.2, 0.25) is 0 Å². The molecule has 0 atom stereocenters. The Kier molecular flexibility index (Phi) is 5.03. The lowest BCUT2D eigenvalue weighted by molar-refractivity contribution is 0.0813. The number of Topliss-reactive ketones (excluding diaryl/α,β-unsaturated/α-hetero) is 1. The van der Waals surface area contributed by atoms with Crippen molar-refractivity contribution < 1.29 is 18.3 Å². The van der Waals surface area contributed by atoms with Crippen LogP contribution in [0, 0.1) is 0 Å². The van der Waals surface area contributed by atoms with E-state index in [0.717, 1.165) is 0 Å². The maximum atomic E-state index is 12.1. The molecule has 0 radical (unpaired) electrons. The average molecular weight is 243 g/mol. The first-order valence-electron chi connectivity index (χ1n) is 5.35. The molecule has 0 aliphatic heterocycles. The fourth-order valence-corrected chi connectivity index (χ4v) is 1.39. The highest BCUT2D eigenvalue weighted by Gasteiger charge is 2.10. The van der Waals surface area contributed by atoms with Crippen LogP contribution in [0.15, 0.2) is 18.2 Å². The van der Waals surface area contributed by atoms with Crippen molar-refractivity contribution in [3.8, 4) is 5.75 Å². The Balaban J connectivity index is 2.93. The van der Waals surface area contributed by atoms with Crippen LogP contribution in [0.25, 0.3) is 0 Å². The Labute approximate surface area is 98.6 Å². The van der Waals surface area contributed by atoms with Gasteiger partial charge in [-0.15, -0.1) is 0 Å². The molecule has 0 unspecified atom stereocenters. The third kappa shape index (κ3) is 3.78. The molecule has 17 heavy (non-hydrogen) atoms. The molecule has 0 fully saturated rings. The predicted molar refractivity (Wildman–Crippen MR) is 60.5 cm³/mol. The van der Waals surface area contributed by atoms with Gasteiger partial charge in [0.15, 0.2) is 5.78 Å². The van der Waals surface area contributed by atoms with E-state index in [1.165, 1.54) is 6.07 Å². The lowest BCUT2D eigenvalue weighted by Gasteiger charge is -2.11. The Hall–Kier alpha value is -1.49. The Morgan fingerprint density at radius 2 is 2.18 bits per heavy atom. The summed E-state index contributed by atoms with van der Waals surface area (Å²) >= 11 is 0. The number of ether oxygens (including phenoxy) is 1. The molecule has 0 aliphatic rings. The maximum absolute atomic E-state index is 12.1. The zero-order valence-electron chi connectivity index (χ0n) is 9.58. The van der Waals surface area contributed by atoms with Gasteiger partial charge < -0.3 is 10.5 Å². The van der Waals surface area contributed by atoms with E-state index in [-0.39, 0.29) is 18.1 Å². The van der Waals surface area contributed by atoms with Crippen LogP contribution in [0.3, 0.4) is 0 Å². The van der Waals surface area contributed by atoms with Crippen LogP contribution in [0.4, 0.5) is 8.78 Å². The van der Waals surface area contributed by atoms with E-state index >= 15 is 0 Å². The van der Waals surface area contributed by atoms with Crippen LogP contribution >= 0.6 is 0 Å². The van der Waals surface area contributed by atoms with Crippen molar-refractivity contribution in [2.45, 2.75) is 26.3 Å². The lowest BCUT2D eigenvalue weighted by Crippen LogP contribution is -2.10. The number of carbonyl (C=O) groups is 1. The third-order valence-corrected chi connectivity index (χ3v) is 2.29. The quantitative estimate of drug-likeness (QED) is 0.780. The Bertz CT molecular complexity index is 394. The minimum absolute atomic E-state index is 0.0598. The van der Waals surface area contributed by atoms with E-state index < -0.39 is 13.0 Å². The van der Waals surface area contributed by atoms with Crippen molar-refractivity contribution in [2.24, 2.45) is 5.73 Å². The number of hydrogen-bond acceptors (Lipinski definition) is 3. The molecule has 0 bridgehead atoms. The first-order valence-corrected chi connectivity index (χ1v) is 5.35. The summed E-state index contributed by atoms with van der Waals surface area (Å²) in [6, 6.07) is 4.73. The first kappa shape index (κ1) is 13.6. The number of alkyl halides is 2. The molecule has 94 valence electrons. The second kappa shape index (κ2) is 6.30. The normalized spacial score (nSPS) is 10.6. The number of nitrogens with two attached hydrogens (primary N) is 1. The summed E-state index contributed by atoms with van der Waals surface area (Å²) in [5, 5.41) is 0. The molecule has 2 N–H and O–H groups in total. The molecule has 0 amide bonds.